The normalized spacial score (nSPS) is 32.3. The van der Waals surface area contributed by atoms with Crippen LogP contribution in [0.3, 0.4) is 0 Å². The summed E-state index contributed by atoms with van der Waals surface area (Å²) < 4.78 is 42.2. The number of nitrogens with zero attached hydrogens (tertiary/aromatic N) is 3. The molecule has 28 heavy (non-hydrogen) atoms. The quantitative estimate of drug-likeness (QED) is 0.858. The van der Waals surface area contributed by atoms with Crippen molar-refractivity contribution in [3.05, 3.63) is 47.5 Å². The number of hydrogen-bond donors (Lipinski definition) is 1. The monoisotopic (exact) mass is 390 g/mol. The Morgan fingerprint density at radius 3 is 2.39 bits per heavy atom. The maximum absolute atomic E-state index is 13.7. The highest BCUT2D eigenvalue weighted by Gasteiger charge is 2.47. The molecular weight excluding hydrogens is 365 g/mol. The van der Waals surface area contributed by atoms with Gasteiger partial charge in [0.15, 0.2) is 5.82 Å². The topological polar surface area (TPSA) is 42.7 Å². The summed E-state index contributed by atoms with van der Waals surface area (Å²) in [5, 5.41) is 7.90. The summed E-state index contributed by atoms with van der Waals surface area (Å²) in [6, 6.07) is 8.18. The number of piperidine rings is 1. The van der Waals surface area contributed by atoms with Crippen molar-refractivity contribution in [2.75, 3.05) is 13.1 Å². The van der Waals surface area contributed by atoms with Gasteiger partial charge in [-0.2, -0.15) is 18.3 Å². The molecule has 2 bridgehead atoms. The minimum atomic E-state index is -4.30. The lowest BCUT2D eigenvalue weighted by atomic mass is 9.83. The van der Waals surface area contributed by atoms with Crippen LogP contribution in [-0.2, 0) is 6.42 Å². The summed E-state index contributed by atoms with van der Waals surface area (Å²) in [6.07, 6.45) is -0.692. The molecule has 4 nitrogen and oxygen atoms in total. The van der Waals surface area contributed by atoms with Crippen LogP contribution in [0.1, 0.15) is 54.9 Å². The Balaban J connectivity index is 1.49. The van der Waals surface area contributed by atoms with Crippen molar-refractivity contribution in [2.24, 2.45) is 17.8 Å². The number of hydrogen-bond acceptors (Lipinski definition) is 3. The molecule has 3 heterocycles. The maximum Gasteiger partial charge on any atom is 0.410 e. The highest BCUT2D eigenvalue weighted by atomic mass is 19.4. The number of alkyl halides is 3. The van der Waals surface area contributed by atoms with Gasteiger partial charge in [-0.25, -0.2) is 9.67 Å². The summed E-state index contributed by atoms with van der Waals surface area (Å²) in [6.45, 7) is 2.01. The first kappa shape index (κ1) is 18.2. The molecule has 1 saturated heterocycles. The van der Waals surface area contributed by atoms with Crippen LogP contribution in [0.15, 0.2) is 30.3 Å². The highest BCUT2D eigenvalue weighted by molar-refractivity contribution is 5.27. The molecule has 1 N–H and O–H groups in total. The lowest BCUT2D eigenvalue weighted by Crippen LogP contribution is -2.39. The Hall–Kier alpha value is -1.89. The molecule has 2 aromatic rings. The predicted molar refractivity (Wildman–Crippen MR) is 98.9 cm³/mol. The van der Waals surface area contributed by atoms with Gasteiger partial charge >= 0.3 is 6.18 Å². The molecule has 5 atom stereocenters. The minimum absolute atomic E-state index is 0.0530. The third-order valence-corrected chi connectivity index (χ3v) is 6.97. The van der Waals surface area contributed by atoms with Gasteiger partial charge in [-0.05, 0) is 62.1 Å². The summed E-state index contributed by atoms with van der Waals surface area (Å²) in [7, 11) is 0. The standard InChI is InChI=1S/C21H25F3N4/c22-21(23,24)18-9-8-16(13-4-2-1-3-5-13)20-26-19(27-28(18)20)10-17-14-6-7-15(17)12-25-11-14/h1-5,14-18,25H,6-12H2/t14-,15+,16?,17?,18?. The van der Waals surface area contributed by atoms with Crippen LogP contribution in [-0.4, -0.2) is 34.0 Å². The first-order valence-corrected chi connectivity index (χ1v) is 10.3. The second kappa shape index (κ2) is 6.87. The van der Waals surface area contributed by atoms with Crippen LogP contribution in [0.5, 0.6) is 0 Å². The molecule has 0 spiro atoms. The molecule has 1 saturated carbocycles. The van der Waals surface area contributed by atoms with Crippen LogP contribution in [0.4, 0.5) is 13.2 Å². The van der Waals surface area contributed by atoms with E-state index in [-0.39, 0.29) is 12.3 Å². The van der Waals surface area contributed by atoms with Gasteiger partial charge in [0.2, 0.25) is 0 Å². The van der Waals surface area contributed by atoms with Gasteiger partial charge in [0.1, 0.15) is 11.9 Å². The summed E-state index contributed by atoms with van der Waals surface area (Å²) in [5.41, 5.74) is 1.02. The first-order chi connectivity index (χ1) is 13.5. The number of rotatable bonds is 3. The van der Waals surface area contributed by atoms with Crippen LogP contribution in [0.2, 0.25) is 0 Å². The Morgan fingerprint density at radius 2 is 1.71 bits per heavy atom. The van der Waals surface area contributed by atoms with Gasteiger partial charge in [-0.15, -0.1) is 0 Å². The van der Waals surface area contributed by atoms with Gasteiger partial charge < -0.3 is 5.32 Å². The first-order valence-electron chi connectivity index (χ1n) is 10.3. The van der Waals surface area contributed by atoms with Crippen molar-refractivity contribution in [1.29, 1.82) is 0 Å². The van der Waals surface area contributed by atoms with E-state index in [1.165, 1.54) is 17.5 Å². The average Bonchev–Trinajstić information content (AvgIpc) is 3.17. The molecule has 0 amide bonds. The fourth-order valence-corrected chi connectivity index (χ4v) is 5.56. The second-order valence-corrected chi connectivity index (χ2v) is 8.55. The Labute approximate surface area is 162 Å². The molecule has 150 valence electrons. The highest BCUT2D eigenvalue weighted by Crippen LogP contribution is 2.45. The lowest BCUT2D eigenvalue weighted by Gasteiger charge is -2.30. The predicted octanol–water partition coefficient (Wildman–Crippen LogP) is 4.10. The van der Waals surface area contributed by atoms with Crippen LogP contribution in [0.25, 0.3) is 0 Å². The van der Waals surface area contributed by atoms with Crippen LogP contribution in [0, 0.1) is 17.8 Å². The summed E-state index contributed by atoms with van der Waals surface area (Å²) >= 11 is 0. The van der Waals surface area contributed by atoms with Crippen molar-refractivity contribution >= 4 is 0 Å². The van der Waals surface area contributed by atoms with Crippen molar-refractivity contribution < 1.29 is 13.2 Å². The molecule has 3 unspecified atom stereocenters. The molecule has 1 aromatic heterocycles. The van der Waals surface area contributed by atoms with Gasteiger partial charge in [-0.3, -0.25) is 0 Å². The van der Waals surface area contributed by atoms with E-state index < -0.39 is 12.2 Å². The van der Waals surface area contributed by atoms with E-state index in [9.17, 15) is 13.2 Å². The molecule has 0 radical (unpaired) electrons. The van der Waals surface area contributed by atoms with E-state index in [1.807, 2.05) is 30.3 Å². The molecular formula is C21H25F3N4. The van der Waals surface area contributed by atoms with E-state index >= 15 is 0 Å². The molecule has 5 rings (SSSR count). The Bertz CT molecular complexity index is 816. The molecule has 2 fully saturated rings. The van der Waals surface area contributed by atoms with Crippen molar-refractivity contribution in [3.8, 4) is 0 Å². The molecule has 1 aliphatic carbocycles. The average molecular weight is 390 g/mol. The van der Waals surface area contributed by atoms with Gasteiger partial charge in [0, 0.05) is 12.3 Å². The van der Waals surface area contributed by atoms with E-state index in [0.29, 0.717) is 42.2 Å². The fourth-order valence-electron chi connectivity index (χ4n) is 5.56. The summed E-state index contributed by atoms with van der Waals surface area (Å²) in [5.74, 6) is 2.65. The van der Waals surface area contributed by atoms with Crippen LogP contribution < -0.4 is 5.32 Å². The summed E-state index contributed by atoms with van der Waals surface area (Å²) in [4.78, 5) is 4.69. The lowest BCUT2D eigenvalue weighted by molar-refractivity contribution is -0.175. The molecule has 7 heteroatoms. The van der Waals surface area contributed by atoms with Gasteiger partial charge in [-0.1, -0.05) is 30.3 Å². The SMILES string of the molecule is FC(F)(F)C1CCC(c2ccccc2)c2nc(CC3[C@@H]4CC[C@H]3CNC4)nn21. The number of halogens is 3. The Kier molecular flexibility index (Phi) is 4.45. The minimum Gasteiger partial charge on any atom is -0.316 e. The smallest absolute Gasteiger partial charge is 0.316 e. The molecule has 1 aromatic carbocycles. The zero-order valence-electron chi connectivity index (χ0n) is 15.7. The zero-order valence-corrected chi connectivity index (χ0v) is 15.7. The van der Waals surface area contributed by atoms with E-state index in [1.54, 1.807) is 0 Å². The zero-order chi connectivity index (χ0) is 19.3. The molecule has 2 aliphatic heterocycles. The van der Waals surface area contributed by atoms with Crippen molar-refractivity contribution in [3.63, 3.8) is 0 Å². The number of benzene rings is 1. The van der Waals surface area contributed by atoms with Gasteiger partial charge in [0.05, 0.1) is 0 Å². The second-order valence-electron chi connectivity index (χ2n) is 8.55. The fraction of sp³-hybridized carbons (Fsp3) is 0.619. The molecule has 3 aliphatic rings. The number of nitrogens with one attached hydrogen (secondary N) is 1. The van der Waals surface area contributed by atoms with E-state index in [4.69, 9.17) is 4.98 Å². The van der Waals surface area contributed by atoms with E-state index in [2.05, 4.69) is 10.4 Å². The third kappa shape index (κ3) is 3.13. The Morgan fingerprint density at radius 1 is 1.00 bits per heavy atom. The maximum atomic E-state index is 13.7. The number of fused-ring (bicyclic) bond motifs is 3. The van der Waals surface area contributed by atoms with Crippen LogP contribution >= 0.6 is 0 Å². The number of aromatic nitrogens is 3. The largest absolute Gasteiger partial charge is 0.410 e. The third-order valence-electron chi connectivity index (χ3n) is 6.97. The van der Waals surface area contributed by atoms with Crippen molar-refractivity contribution in [1.82, 2.24) is 20.1 Å². The van der Waals surface area contributed by atoms with Crippen molar-refractivity contribution in [2.45, 2.75) is 50.2 Å². The van der Waals surface area contributed by atoms with Gasteiger partial charge in [0.25, 0.3) is 0 Å². The van der Waals surface area contributed by atoms with E-state index in [0.717, 1.165) is 18.7 Å².